The molecule has 0 heterocycles. The zero-order chi connectivity index (χ0) is 10.3. The summed E-state index contributed by atoms with van der Waals surface area (Å²) in [7, 11) is 0. The Labute approximate surface area is 94.9 Å². The van der Waals surface area contributed by atoms with Gasteiger partial charge in [0.1, 0.15) is 0 Å². The zero-order valence-electron chi connectivity index (χ0n) is 8.54. The van der Waals surface area contributed by atoms with Crippen LogP contribution in [-0.4, -0.2) is 0 Å². The Morgan fingerprint density at radius 1 is 1.07 bits per heavy atom. The molecule has 1 heteroatoms. The van der Waals surface area contributed by atoms with Crippen LogP contribution < -0.4 is 0 Å². The number of hydrogen-bond donors (Lipinski definition) is 0. The van der Waals surface area contributed by atoms with E-state index in [2.05, 4.69) is 36.4 Å². The quantitative estimate of drug-likeness (QED) is 0.571. The summed E-state index contributed by atoms with van der Waals surface area (Å²) in [4.78, 5) is 0. The minimum Gasteiger partial charge on any atom is -0.118 e. The van der Waals surface area contributed by atoms with Gasteiger partial charge < -0.3 is 0 Å². The average molecular weight is 217 g/mol. The van der Waals surface area contributed by atoms with Crippen LogP contribution in [0, 0.1) is 0 Å². The Kier molecular flexibility index (Phi) is 2.17. The van der Waals surface area contributed by atoms with Gasteiger partial charge in [0.05, 0.1) is 5.38 Å². The summed E-state index contributed by atoms with van der Waals surface area (Å²) in [5.41, 5.74) is 2.82. The van der Waals surface area contributed by atoms with Gasteiger partial charge in [-0.1, -0.05) is 36.4 Å². The third-order valence-corrected chi connectivity index (χ3v) is 3.75. The van der Waals surface area contributed by atoms with Crippen LogP contribution in [0.2, 0.25) is 0 Å². The van der Waals surface area contributed by atoms with E-state index in [0.29, 0.717) is 0 Å². The molecule has 1 unspecified atom stereocenters. The van der Waals surface area contributed by atoms with Crippen LogP contribution in [0.1, 0.15) is 29.3 Å². The number of hydrogen-bond acceptors (Lipinski definition) is 0. The fourth-order valence-electron chi connectivity index (χ4n) is 2.54. The molecule has 0 N–H and O–H groups in total. The lowest BCUT2D eigenvalue weighted by atomic mass is 9.87. The highest BCUT2D eigenvalue weighted by molar-refractivity contribution is 6.21. The van der Waals surface area contributed by atoms with Crippen molar-refractivity contribution in [3.05, 3.63) is 47.5 Å². The number of alkyl halides is 1. The Morgan fingerprint density at radius 3 is 2.87 bits per heavy atom. The second-order valence-electron chi connectivity index (χ2n) is 4.21. The van der Waals surface area contributed by atoms with Gasteiger partial charge in [-0.2, -0.15) is 0 Å². The predicted octanol–water partition coefficient (Wildman–Crippen LogP) is 4.46. The first-order valence-electron chi connectivity index (χ1n) is 5.51. The molecule has 15 heavy (non-hydrogen) atoms. The maximum Gasteiger partial charge on any atom is 0.0588 e. The van der Waals surface area contributed by atoms with E-state index in [1.54, 1.807) is 0 Å². The summed E-state index contributed by atoms with van der Waals surface area (Å²) in [6, 6.07) is 13.0. The molecular formula is C14H13Cl. The van der Waals surface area contributed by atoms with Crippen LogP contribution in [0.5, 0.6) is 0 Å². The lowest BCUT2D eigenvalue weighted by Crippen LogP contribution is -2.05. The van der Waals surface area contributed by atoms with Crippen LogP contribution in [0.25, 0.3) is 10.8 Å². The van der Waals surface area contributed by atoms with Crippen molar-refractivity contribution in [3.63, 3.8) is 0 Å². The molecule has 0 bridgehead atoms. The van der Waals surface area contributed by atoms with Gasteiger partial charge in [-0.25, -0.2) is 0 Å². The highest BCUT2D eigenvalue weighted by atomic mass is 35.5. The molecule has 0 radical (unpaired) electrons. The first-order valence-corrected chi connectivity index (χ1v) is 5.94. The largest absolute Gasteiger partial charge is 0.118 e. The SMILES string of the molecule is ClC1CCCc2c1ccc1ccccc21. The van der Waals surface area contributed by atoms with Crippen molar-refractivity contribution < 1.29 is 0 Å². The molecule has 1 atom stereocenters. The van der Waals surface area contributed by atoms with E-state index in [0.717, 1.165) is 6.42 Å². The topological polar surface area (TPSA) is 0 Å². The molecular weight excluding hydrogens is 204 g/mol. The maximum atomic E-state index is 6.35. The molecule has 0 aliphatic heterocycles. The van der Waals surface area contributed by atoms with Crippen LogP contribution in [0.15, 0.2) is 36.4 Å². The average Bonchev–Trinajstić information content (AvgIpc) is 2.29. The van der Waals surface area contributed by atoms with Crippen molar-refractivity contribution in [2.75, 3.05) is 0 Å². The Balaban J connectivity index is 2.33. The van der Waals surface area contributed by atoms with Gasteiger partial charge in [0.25, 0.3) is 0 Å². The molecule has 0 saturated carbocycles. The second kappa shape index (κ2) is 3.53. The smallest absolute Gasteiger partial charge is 0.0588 e. The molecule has 1 aliphatic carbocycles. The van der Waals surface area contributed by atoms with Gasteiger partial charge >= 0.3 is 0 Å². The van der Waals surface area contributed by atoms with Crippen molar-refractivity contribution in [2.24, 2.45) is 0 Å². The summed E-state index contributed by atoms with van der Waals surface area (Å²) < 4.78 is 0. The van der Waals surface area contributed by atoms with E-state index in [4.69, 9.17) is 11.6 Å². The Bertz CT molecular complexity index is 502. The second-order valence-corrected chi connectivity index (χ2v) is 4.74. The normalized spacial score (nSPS) is 20.2. The predicted molar refractivity (Wildman–Crippen MR) is 65.5 cm³/mol. The van der Waals surface area contributed by atoms with E-state index in [-0.39, 0.29) is 5.38 Å². The molecule has 2 aromatic carbocycles. The van der Waals surface area contributed by atoms with E-state index >= 15 is 0 Å². The molecule has 0 aromatic heterocycles. The van der Waals surface area contributed by atoms with Crippen LogP contribution >= 0.6 is 11.6 Å². The van der Waals surface area contributed by atoms with E-state index in [1.807, 2.05) is 0 Å². The van der Waals surface area contributed by atoms with Gasteiger partial charge in [-0.05, 0) is 41.2 Å². The first-order chi connectivity index (χ1) is 7.36. The summed E-state index contributed by atoms with van der Waals surface area (Å²) in [6.07, 6.45) is 3.52. The molecule has 0 fully saturated rings. The number of benzene rings is 2. The highest BCUT2D eigenvalue weighted by Crippen LogP contribution is 2.37. The fourth-order valence-corrected chi connectivity index (χ4v) is 2.90. The molecule has 0 amide bonds. The number of aryl methyl sites for hydroxylation is 1. The standard InChI is InChI=1S/C14H13Cl/c15-14-7-3-6-12-11-5-2-1-4-10(11)8-9-13(12)14/h1-2,4-5,8-9,14H,3,6-7H2. The van der Waals surface area contributed by atoms with E-state index < -0.39 is 0 Å². The molecule has 3 rings (SSSR count). The monoisotopic (exact) mass is 216 g/mol. The molecule has 0 saturated heterocycles. The lowest BCUT2D eigenvalue weighted by Gasteiger charge is -2.22. The van der Waals surface area contributed by atoms with Gasteiger partial charge in [-0.15, -0.1) is 11.6 Å². The molecule has 1 aliphatic rings. The highest BCUT2D eigenvalue weighted by Gasteiger charge is 2.19. The summed E-state index contributed by atoms with van der Waals surface area (Å²) in [6.45, 7) is 0. The summed E-state index contributed by atoms with van der Waals surface area (Å²) in [5.74, 6) is 0. The minimum absolute atomic E-state index is 0.221. The first kappa shape index (κ1) is 9.23. The Hall–Kier alpha value is -1.01. The number of fused-ring (bicyclic) bond motifs is 3. The number of halogens is 1. The third-order valence-electron chi connectivity index (χ3n) is 3.30. The zero-order valence-corrected chi connectivity index (χ0v) is 9.30. The number of rotatable bonds is 0. The van der Waals surface area contributed by atoms with Crippen molar-refractivity contribution in [3.8, 4) is 0 Å². The van der Waals surface area contributed by atoms with Crippen LogP contribution in [-0.2, 0) is 6.42 Å². The molecule has 2 aromatic rings. The molecule has 0 nitrogen and oxygen atoms in total. The van der Waals surface area contributed by atoms with Crippen molar-refractivity contribution in [1.29, 1.82) is 0 Å². The van der Waals surface area contributed by atoms with Crippen molar-refractivity contribution in [1.82, 2.24) is 0 Å². The van der Waals surface area contributed by atoms with Gasteiger partial charge in [-0.3, -0.25) is 0 Å². The Morgan fingerprint density at radius 2 is 1.93 bits per heavy atom. The van der Waals surface area contributed by atoms with Gasteiger partial charge in [0, 0.05) is 0 Å². The van der Waals surface area contributed by atoms with Crippen molar-refractivity contribution in [2.45, 2.75) is 24.6 Å². The van der Waals surface area contributed by atoms with Crippen LogP contribution in [0.3, 0.4) is 0 Å². The maximum absolute atomic E-state index is 6.35. The lowest BCUT2D eigenvalue weighted by molar-refractivity contribution is 0.672. The molecule has 76 valence electrons. The summed E-state index contributed by atoms with van der Waals surface area (Å²) in [5, 5.41) is 2.95. The van der Waals surface area contributed by atoms with Gasteiger partial charge in [0.15, 0.2) is 0 Å². The van der Waals surface area contributed by atoms with Crippen LogP contribution in [0.4, 0.5) is 0 Å². The molecule has 0 spiro atoms. The summed E-state index contributed by atoms with van der Waals surface area (Å²) >= 11 is 6.35. The van der Waals surface area contributed by atoms with Gasteiger partial charge in [0.2, 0.25) is 0 Å². The van der Waals surface area contributed by atoms with Crippen molar-refractivity contribution >= 4 is 22.4 Å². The fraction of sp³-hybridized carbons (Fsp3) is 0.286. The third kappa shape index (κ3) is 1.44. The van der Waals surface area contributed by atoms with E-state index in [1.165, 1.54) is 34.7 Å². The van der Waals surface area contributed by atoms with E-state index in [9.17, 15) is 0 Å². The minimum atomic E-state index is 0.221.